The average molecular weight is 266 g/mol. The Bertz CT molecular complexity index is 431. The van der Waals surface area contributed by atoms with E-state index >= 15 is 0 Å². The van der Waals surface area contributed by atoms with E-state index in [9.17, 15) is 4.39 Å². The number of hydrogen-bond acceptors (Lipinski definition) is 4. The first kappa shape index (κ1) is 14.5. The Hall–Kier alpha value is -0.945. The lowest BCUT2D eigenvalue weighted by Crippen LogP contribution is -2.34. The van der Waals surface area contributed by atoms with E-state index in [0.29, 0.717) is 6.54 Å². The van der Waals surface area contributed by atoms with E-state index < -0.39 is 12.9 Å². The molecule has 1 aliphatic rings. The summed E-state index contributed by atoms with van der Waals surface area (Å²) < 4.78 is 13.4. The lowest BCUT2D eigenvalue weighted by atomic mass is 9.79. The van der Waals surface area contributed by atoms with Crippen molar-refractivity contribution in [3.05, 3.63) is 29.6 Å². The Balaban J connectivity index is 2.04. The predicted octanol–water partition coefficient (Wildman–Crippen LogP) is -0.357. The quantitative estimate of drug-likeness (QED) is 0.734. The van der Waals surface area contributed by atoms with E-state index in [1.54, 1.807) is 6.07 Å². The molecule has 1 aliphatic heterocycles. The summed E-state index contributed by atoms with van der Waals surface area (Å²) in [5, 5.41) is 18.2. The molecule has 1 fully saturated rings. The van der Waals surface area contributed by atoms with Gasteiger partial charge in [0.2, 0.25) is 0 Å². The van der Waals surface area contributed by atoms with Crippen LogP contribution in [0.25, 0.3) is 0 Å². The van der Waals surface area contributed by atoms with Crippen molar-refractivity contribution in [2.45, 2.75) is 13.0 Å². The fraction of sp³-hybridized carbons (Fsp3) is 0.538. The van der Waals surface area contributed by atoms with Gasteiger partial charge in [-0.05, 0) is 38.2 Å². The van der Waals surface area contributed by atoms with Crippen molar-refractivity contribution in [3.63, 3.8) is 0 Å². The van der Waals surface area contributed by atoms with Crippen LogP contribution in [-0.2, 0) is 6.54 Å². The summed E-state index contributed by atoms with van der Waals surface area (Å²) in [6.45, 7) is 4.83. The number of nitrogens with zero attached hydrogens (tertiary/aromatic N) is 2. The number of halogens is 1. The lowest BCUT2D eigenvalue weighted by Gasteiger charge is -2.20. The molecule has 4 nitrogen and oxygen atoms in total. The van der Waals surface area contributed by atoms with Crippen LogP contribution < -0.4 is 5.46 Å². The molecule has 0 aliphatic carbocycles. The molecule has 0 amide bonds. The third-order valence-corrected chi connectivity index (χ3v) is 3.56. The highest BCUT2D eigenvalue weighted by Crippen LogP contribution is 2.09. The van der Waals surface area contributed by atoms with E-state index in [1.165, 1.54) is 12.1 Å². The van der Waals surface area contributed by atoms with Crippen molar-refractivity contribution in [2.75, 3.05) is 33.2 Å². The van der Waals surface area contributed by atoms with Crippen molar-refractivity contribution in [3.8, 4) is 0 Å². The van der Waals surface area contributed by atoms with Gasteiger partial charge in [-0.1, -0.05) is 12.1 Å². The monoisotopic (exact) mass is 266 g/mol. The highest BCUT2D eigenvalue weighted by atomic mass is 19.1. The molecule has 0 spiro atoms. The summed E-state index contributed by atoms with van der Waals surface area (Å²) in [4.78, 5) is 4.61. The summed E-state index contributed by atoms with van der Waals surface area (Å²) >= 11 is 0. The average Bonchev–Trinajstić information content (AvgIpc) is 2.56. The molecule has 0 bridgehead atoms. The molecular weight excluding hydrogens is 246 g/mol. The first-order chi connectivity index (χ1) is 9.06. The lowest BCUT2D eigenvalue weighted by molar-refractivity contribution is 0.269. The Morgan fingerprint density at radius 1 is 1.21 bits per heavy atom. The van der Waals surface area contributed by atoms with Gasteiger partial charge in [0, 0.05) is 25.1 Å². The second-order valence-corrected chi connectivity index (χ2v) is 5.16. The van der Waals surface area contributed by atoms with Crippen LogP contribution in [0.2, 0.25) is 0 Å². The molecule has 19 heavy (non-hydrogen) atoms. The van der Waals surface area contributed by atoms with E-state index in [1.807, 2.05) is 0 Å². The van der Waals surface area contributed by atoms with Crippen molar-refractivity contribution in [1.82, 2.24) is 9.80 Å². The summed E-state index contributed by atoms with van der Waals surface area (Å²) in [6.07, 6.45) is 1.12. The van der Waals surface area contributed by atoms with E-state index in [-0.39, 0.29) is 5.46 Å². The van der Waals surface area contributed by atoms with Gasteiger partial charge in [0.1, 0.15) is 5.82 Å². The first-order valence-corrected chi connectivity index (χ1v) is 6.61. The SMILES string of the molecule is CN1CCCN(Cc2ccc(F)c(B(O)O)c2)CC1. The molecule has 0 atom stereocenters. The van der Waals surface area contributed by atoms with E-state index in [4.69, 9.17) is 10.0 Å². The molecule has 2 N–H and O–H groups in total. The number of hydrogen-bond donors (Lipinski definition) is 2. The second kappa shape index (κ2) is 6.48. The summed E-state index contributed by atoms with van der Waals surface area (Å²) in [7, 11) is 0.358. The van der Waals surface area contributed by atoms with Crippen LogP contribution in [0.3, 0.4) is 0 Å². The number of benzene rings is 1. The van der Waals surface area contributed by atoms with Crippen LogP contribution in [0.4, 0.5) is 4.39 Å². The van der Waals surface area contributed by atoms with Crippen molar-refractivity contribution >= 4 is 12.6 Å². The van der Waals surface area contributed by atoms with Crippen LogP contribution in [0.5, 0.6) is 0 Å². The van der Waals surface area contributed by atoms with Gasteiger partial charge in [0.15, 0.2) is 0 Å². The van der Waals surface area contributed by atoms with Gasteiger partial charge in [-0.2, -0.15) is 0 Å². The zero-order chi connectivity index (χ0) is 13.8. The Labute approximate surface area is 113 Å². The summed E-state index contributed by atoms with van der Waals surface area (Å²) in [5.74, 6) is -0.575. The smallest absolute Gasteiger partial charge is 0.423 e. The molecule has 0 radical (unpaired) electrons. The van der Waals surface area contributed by atoms with Crippen LogP contribution in [0, 0.1) is 5.82 Å². The Kier molecular flexibility index (Phi) is 4.93. The molecule has 0 unspecified atom stereocenters. The topological polar surface area (TPSA) is 46.9 Å². The van der Waals surface area contributed by atoms with Gasteiger partial charge in [-0.25, -0.2) is 4.39 Å². The van der Waals surface area contributed by atoms with E-state index in [0.717, 1.165) is 38.2 Å². The van der Waals surface area contributed by atoms with Crippen LogP contribution in [0.1, 0.15) is 12.0 Å². The minimum absolute atomic E-state index is 0.0514. The highest BCUT2D eigenvalue weighted by molar-refractivity contribution is 6.58. The van der Waals surface area contributed by atoms with Crippen molar-refractivity contribution in [2.24, 2.45) is 0 Å². The minimum Gasteiger partial charge on any atom is -0.423 e. The van der Waals surface area contributed by atoms with Crippen molar-refractivity contribution < 1.29 is 14.4 Å². The fourth-order valence-corrected chi connectivity index (χ4v) is 2.41. The molecular formula is C13H20BFN2O2. The fourth-order valence-electron chi connectivity index (χ4n) is 2.41. The van der Waals surface area contributed by atoms with Gasteiger partial charge < -0.3 is 14.9 Å². The normalized spacial score (nSPS) is 18.3. The molecule has 0 aromatic heterocycles. The van der Waals surface area contributed by atoms with E-state index in [2.05, 4.69) is 16.8 Å². The summed E-state index contributed by atoms with van der Waals surface area (Å²) in [5.41, 5.74) is 0.860. The van der Waals surface area contributed by atoms with Crippen LogP contribution in [0.15, 0.2) is 18.2 Å². The van der Waals surface area contributed by atoms with Gasteiger partial charge in [-0.3, -0.25) is 4.90 Å². The zero-order valence-corrected chi connectivity index (χ0v) is 11.2. The molecule has 1 aromatic carbocycles. The van der Waals surface area contributed by atoms with Crippen LogP contribution >= 0.6 is 0 Å². The molecule has 6 heteroatoms. The van der Waals surface area contributed by atoms with Gasteiger partial charge in [0.05, 0.1) is 0 Å². The number of rotatable bonds is 3. The molecule has 104 valence electrons. The summed E-state index contributed by atoms with van der Waals surface area (Å²) in [6, 6.07) is 4.54. The second-order valence-electron chi connectivity index (χ2n) is 5.16. The van der Waals surface area contributed by atoms with Crippen LogP contribution in [-0.4, -0.2) is 60.2 Å². The Morgan fingerprint density at radius 3 is 2.74 bits per heavy atom. The van der Waals surface area contributed by atoms with Gasteiger partial charge >= 0.3 is 7.12 Å². The largest absolute Gasteiger partial charge is 0.491 e. The maximum Gasteiger partial charge on any atom is 0.491 e. The third kappa shape index (κ3) is 4.01. The highest BCUT2D eigenvalue weighted by Gasteiger charge is 2.18. The maximum absolute atomic E-state index is 13.4. The molecule has 1 heterocycles. The molecule has 0 saturated carbocycles. The standard InChI is InChI=1S/C13H20BFN2O2/c1-16-5-2-6-17(8-7-16)10-11-3-4-13(15)12(9-11)14(18)19/h3-4,9,18-19H,2,5-8,10H2,1H3. The number of likely N-dealkylation sites (N-methyl/N-ethyl adjacent to an activating group) is 1. The molecule has 2 rings (SSSR count). The predicted molar refractivity (Wildman–Crippen MR) is 73.6 cm³/mol. The van der Waals surface area contributed by atoms with Gasteiger partial charge in [0.25, 0.3) is 0 Å². The van der Waals surface area contributed by atoms with Crippen molar-refractivity contribution in [1.29, 1.82) is 0 Å². The van der Waals surface area contributed by atoms with Gasteiger partial charge in [-0.15, -0.1) is 0 Å². The third-order valence-electron chi connectivity index (χ3n) is 3.56. The zero-order valence-electron chi connectivity index (χ0n) is 11.2. The molecule has 1 aromatic rings. The minimum atomic E-state index is -1.75. The Morgan fingerprint density at radius 2 is 2.00 bits per heavy atom. The molecule has 1 saturated heterocycles. The first-order valence-electron chi connectivity index (χ1n) is 6.61. The maximum atomic E-state index is 13.4.